The monoisotopic (exact) mass is 202 g/mol. The Morgan fingerprint density at radius 3 is 3.15 bits per heavy atom. The molecule has 3 N–H and O–H groups in total. The number of halogens is 1. The SMILES string of the molecule is CNCCC(O)C1=CNCC(Cl)=C1. The third-order valence-electron chi connectivity index (χ3n) is 1.92. The van der Waals surface area contributed by atoms with Crippen LogP contribution in [0.5, 0.6) is 0 Å². The lowest BCUT2D eigenvalue weighted by Crippen LogP contribution is -2.22. The highest BCUT2D eigenvalue weighted by Crippen LogP contribution is 2.15. The van der Waals surface area contributed by atoms with Gasteiger partial charge < -0.3 is 15.7 Å². The minimum atomic E-state index is -0.436. The number of aliphatic hydroxyl groups excluding tert-OH is 1. The standard InChI is InChI=1S/C9H15ClN2O/c1-11-3-2-9(13)7-4-8(10)6-12-5-7/h4-5,9,11-13H,2-3,6H2,1H3. The van der Waals surface area contributed by atoms with E-state index in [1.165, 1.54) is 0 Å². The Labute approximate surface area is 83.5 Å². The van der Waals surface area contributed by atoms with Crippen molar-refractivity contribution >= 4 is 11.6 Å². The largest absolute Gasteiger partial charge is 0.388 e. The molecule has 1 unspecified atom stereocenters. The van der Waals surface area contributed by atoms with Gasteiger partial charge in [-0.15, -0.1) is 0 Å². The normalized spacial score (nSPS) is 18.7. The molecule has 4 heteroatoms. The van der Waals surface area contributed by atoms with E-state index in [4.69, 9.17) is 11.6 Å². The summed E-state index contributed by atoms with van der Waals surface area (Å²) in [7, 11) is 1.86. The van der Waals surface area contributed by atoms with Crippen LogP contribution >= 0.6 is 11.6 Å². The maximum atomic E-state index is 9.67. The van der Waals surface area contributed by atoms with E-state index in [1.54, 1.807) is 0 Å². The maximum Gasteiger partial charge on any atom is 0.0816 e. The molecule has 0 spiro atoms. The minimum absolute atomic E-state index is 0.436. The van der Waals surface area contributed by atoms with E-state index in [1.807, 2.05) is 19.3 Å². The molecule has 74 valence electrons. The van der Waals surface area contributed by atoms with Gasteiger partial charge in [-0.25, -0.2) is 0 Å². The molecule has 0 radical (unpaired) electrons. The number of hydrogen-bond acceptors (Lipinski definition) is 3. The van der Waals surface area contributed by atoms with Crippen LogP contribution in [0, 0.1) is 0 Å². The molecule has 3 nitrogen and oxygen atoms in total. The lowest BCUT2D eigenvalue weighted by Gasteiger charge is -2.16. The van der Waals surface area contributed by atoms with E-state index in [0.29, 0.717) is 13.0 Å². The van der Waals surface area contributed by atoms with Crippen molar-refractivity contribution in [2.24, 2.45) is 0 Å². The number of dihydropyridines is 1. The smallest absolute Gasteiger partial charge is 0.0816 e. The molecule has 1 rings (SSSR count). The van der Waals surface area contributed by atoms with E-state index in [2.05, 4.69) is 10.6 Å². The third-order valence-corrected chi connectivity index (χ3v) is 2.16. The fourth-order valence-electron chi connectivity index (χ4n) is 1.18. The van der Waals surface area contributed by atoms with Crippen LogP contribution in [0.1, 0.15) is 6.42 Å². The molecule has 13 heavy (non-hydrogen) atoms. The molecule has 0 aromatic carbocycles. The molecule has 0 aliphatic carbocycles. The average molecular weight is 203 g/mol. The molecule has 0 bridgehead atoms. The molecule has 0 amide bonds. The second-order valence-corrected chi connectivity index (χ2v) is 3.51. The molecule has 1 aliphatic rings. The van der Waals surface area contributed by atoms with Gasteiger partial charge in [0.2, 0.25) is 0 Å². The Morgan fingerprint density at radius 1 is 1.77 bits per heavy atom. The molecule has 0 saturated heterocycles. The molecular formula is C9H15ClN2O. The maximum absolute atomic E-state index is 9.67. The second-order valence-electron chi connectivity index (χ2n) is 3.02. The second kappa shape index (κ2) is 5.27. The fraction of sp³-hybridized carbons (Fsp3) is 0.556. The van der Waals surface area contributed by atoms with Crippen molar-refractivity contribution in [2.75, 3.05) is 20.1 Å². The highest BCUT2D eigenvalue weighted by molar-refractivity contribution is 6.30. The van der Waals surface area contributed by atoms with Crippen LogP contribution < -0.4 is 10.6 Å². The van der Waals surface area contributed by atoms with Crippen LogP contribution in [0.4, 0.5) is 0 Å². The summed E-state index contributed by atoms with van der Waals surface area (Å²) < 4.78 is 0. The van der Waals surface area contributed by atoms with Crippen molar-refractivity contribution in [1.29, 1.82) is 0 Å². The van der Waals surface area contributed by atoms with Gasteiger partial charge in [-0.05, 0) is 31.7 Å². The van der Waals surface area contributed by atoms with Gasteiger partial charge in [-0.1, -0.05) is 11.6 Å². The zero-order valence-corrected chi connectivity index (χ0v) is 8.43. The first-order chi connectivity index (χ1) is 6.24. The summed E-state index contributed by atoms with van der Waals surface area (Å²) >= 11 is 5.82. The van der Waals surface area contributed by atoms with Crippen LogP contribution in [0.25, 0.3) is 0 Å². The van der Waals surface area contributed by atoms with Crippen molar-refractivity contribution in [2.45, 2.75) is 12.5 Å². The highest BCUT2D eigenvalue weighted by Gasteiger charge is 2.11. The van der Waals surface area contributed by atoms with Crippen molar-refractivity contribution in [3.63, 3.8) is 0 Å². The van der Waals surface area contributed by atoms with E-state index in [9.17, 15) is 5.11 Å². The summed E-state index contributed by atoms with van der Waals surface area (Å²) in [5.74, 6) is 0. The van der Waals surface area contributed by atoms with Gasteiger partial charge in [0.15, 0.2) is 0 Å². The topological polar surface area (TPSA) is 44.3 Å². The Bertz CT molecular complexity index is 226. The van der Waals surface area contributed by atoms with Gasteiger partial charge in [-0.3, -0.25) is 0 Å². The minimum Gasteiger partial charge on any atom is -0.388 e. The lowest BCUT2D eigenvalue weighted by atomic mass is 10.1. The van der Waals surface area contributed by atoms with Crippen molar-refractivity contribution in [1.82, 2.24) is 10.6 Å². The Hall–Kier alpha value is -0.510. The first-order valence-corrected chi connectivity index (χ1v) is 4.74. The van der Waals surface area contributed by atoms with E-state index in [-0.39, 0.29) is 0 Å². The molecule has 0 fully saturated rings. The van der Waals surface area contributed by atoms with Crippen LogP contribution in [0.3, 0.4) is 0 Å². The molecule has 0 saturated carbocycles. The van der Waals surface area contributed by atoms with Crippen molar-refractivity contribution in [3.05, 3.63) is 22.9 Å². The summed E-state index contributed by atoms with van der Waals surface area (Å²) in [6.45, 7) is 1.45. The number of aliphatic hydroxyl groups is 1. The quantitative estimate of drug-likeness (QED) is 0.625. The number of nitrogens with one attached hydrogen (secondary N) is 2. The van der Waals surface area contributed by atoms with Crippen LogP contribution in [-0.2, 0) is 0 Å². The summed E-state index contributed by atoms with van der Waals surface area (Å²) in [5, 5.41) is 16.4. The first-order valence-electron chi connectivity index (χ1n) is 4.36. The fourth-order valence-corrected chi connectivity index (χ4v) is 1.38. The molecular weight excluding hydrogens is 188 g/mol. The zero-order valence-electron chi connectivity index (χ0n) is 7.68. The molecule has 1 aliphatic heterocycles. The molecule has 0 aromatic rings. The predicted molar refractivity (Wildman–Crippen MR) is 54.6 cm³/mol. The van der Waals surface area contributed by atoms with Gasteiger partial charge in [0, 0.05) is 11.2 Å². The zero-order chi connectivity index (χ0) is 9.68. The average Bonchev–Trinajstić information content (AvgIpc) is 2.14. The van der Waals surface area contributed by atoms with Gasteiger partial charge in [0.05, 0.1) is 12.6 Å². The number of hydrogen-bond donors (Lipinski definition) is 3. The van der Waals surface area contributed by atoms with E-state index >= 15 is 0 Å². The van der Waals surface area contributed by atoms with Crippen LogP contribution in [0.2, 0.25) is 0 Å². The molecule has 0 aromatic heterocycles. The van der Waals surface area contributed by atoms with E-state index in [0.717, 1.165) is 17.2 Å². The summed E-state index contributed by atoms with van der Waals surface area (Å²) in [4.78, 5) is 0. The molecule has 1 atom stereocenters. The summed E-state index contributed by atoms with van der Waals surface area (Å²) in [6.07, 6.45) is 3.89. The van der Waals surface area contributed by atoms with Gasteiger partial charge in [0.25, 0.3) is 0 Å². The van der Waals surface area contributed by atoms with Crippen molar-refractivity contribution < 1.29 is 5.11 Å². The van der Waals surface area contributed by atoms with Gasteiger partial charge in [0.1, 0.15) is 0 Å². The number of rotatable bonds is 4. The Morgan fingerprint density at radius 2 is 2.54 bits per heavy atom. The van der Waals surface area contributed by atoms with Crippen LogP contribution in [0.15, 0.2) is 22.9 Å². The van der Waals surface area contributed by atoms with Gasteiger partial charge >= 0.3 is 0 Å². The van der Waals surface area contributed by atoms with Gasteiger partial charge in [-0.2, -0.15) is 0 Å². The van der Waals surface area contributed by atoms with E-state index < -0.39 is 6.10 Å². The highest BCUT2D eigenvalue weighted by atomic mass is 35.5. The Kier molecular flexibility index (Phi) is 4.28. The summed E-state index contributed by atoms with van der Waals surface area (Å²) in [5.41, 5.74) is 0.853. The van der Waals surface area contributed by atoms with Crippen molar-refractivity contribution in [3.8, 4) is 0 Å². The Balaban J connectivity index is 2.46. The third kappa shape index (κ3) is 3.38. The molecule has 1 heterocycles. The van der Waals surface area contributed by atoms with Crippen LogP contribution in [-0.4, -0.2) is 31.3 Å². The first kappa shape index (κ1) is 10.6. The predicted octanol–water partition coefficient (Wildman–Crippen LogP) is 0.567. The summed E-state index contributed by atoms with van der Waals surface area (Å²) in [6, 6.07) is 0. The lowest BCUT2D eigenvalue weighted by molar-refractivity contribution is 0.203.